The molecule has 19 heavy (non-hydrogen) atoms. The predicted molar refractivity (Wildman–Crippen MR) is 84.5 cm³/mol. The van der Waals surface area contributed by atoms with Crippen LogP contribution in [0.4, 0.5) is 4.79 Å². The van der Waals surface area contributed by atoms with Crippen molar-refractivity contribution in [3.8, 4) is 0 Å². The van der Waals surface area contributed by atoms with E-state index in [9.17, 15) is 4.79 Å². The van der Waals surface area contributed by atoms with Crippen LogP contribution in [0.2, 0.25) is 0 Å². The fraction of sp³-hybridized carbons (Fsp3) is 0.538. The van der Waals surface area contributed by atoms with Crippen molar-refractivity contribution in [2.75, 3.05) is 18.1 Å². The maximum Gasteiger partial charge on any atom is 0.315 e. The third-order valence-electron chi connectivity index (χ3n) is 2.50. The first-order chi connectivity index (χ1) is 9.13. The molecule has 0 saturated heterocycles. The molecule has 0 saturated carbocycles. The summed E-state index contributed by atoms with van der Waals surface area (Å²) in [4.78, 5) is 15.9. The van der Waals surface area contributed by atoms with E-state index >= 15 is 0 Å². The number of pyridine rings is 1. The van der Waals surface area contributed by atoms with Crippen LogP contribution in [0.3, 0.4) is 0 Å². The van der Waals surface area contributed by atoms with E-state index in [-0.39, 0.29) is 12.1 Å². The van der Waals surface area contributed by atoms with Gasteiger partial charge in [-0.15, -0.1) is 0 Å². The van der Waals surface area contributed by atoms with Gasteiger partial charge in [-0.2, -0.15) is 11.8 Å². The average Bonchev–Trinajstić information content (AvgIpc) is 2.39. The highest BCUT2D eigenvalue weighted by Gasteiger charge is 2.09. The molecule has 0 radical (unpaired) electrons. The number of nitrogens with zero attached hydrogens (tertiary/aromatic N) is 1. The number of hydrogen-bond donors (Lipinski definition) is 2. The van der Waals surface area contributed by atoms with E-state index in [1.54, 1.807) is 6.20 Å². The van der Waals surface area contributed by atoms with Crippen LogP contribution in [0.25, 0.3) is 0 Å². The van der Waals surface area contributed by atoms with Crippen LogP contribution in [0.5, 0.6) is 0 Å². The molecule has 1 rings (SSSR count). The zero-order chi connectivity index (χ0) is 14.1. The zero-order valence-electron chi connectivity index (χ0n) is 11.3. The van der Waals surface area contributed by atoms with Crippen LogP contribution >= 0.6 is 27.7 Å². The third kappa shape index (κ3) is 6.82. The second kappa shape index (κ2) is 9.20. The average molecular weight is 346 g/mol. The van der Waals surface area contributed by atoms with E-state index in [1.807, 2.05) is 30.8 Å². The highest BCUT2D eigenvalue weighted by molar-refractivity contribution is 9.10. The number of thioether (sulfide) groups is 1. The Morgan fingerprint density at radius 1 is 1.53 bits per heavy atom. The van der Waals surface area contributed by atoms with Crippen molar-refractivity contribution >= 4 is 33.7 Å². The molecule has 1 heterocycles. The minimum Gasteiger partial charge on any atom is -0.338 e. The van der Waals surface area contributed by atoms with Gasteiger partial charge in [0.1, 0.15) is 0 Å². The van der Waals surface area contributed by atoms with Gasteiger partial charge in [-0.3, -0.25) is 4.98 Å². The number of rotatable bonds is 7. The minimum absolute atomic E-state index is 0.0990. The molecule has 1 aromatic rings. The molecule has 2 amide bonds. The number of hydrogen-bond acceptors (Lipinski definition) is 3. The molecule has 6 heteroatoms. The van der Waals surface area contributed by atoms with Gasteiger partial charge in [0.25, 0.3) is 0 Å². The molecule has 106 valence electrons. The monoisotopic (exact) mass is 345 g/mol. The molecule has 0 aliphatic rings. The molecule has 0 aliphatic carbocycles. The Hall–Kier alpha value is -0.750. The summed E-state index contributed by atoms with van der Waals surface area (Å²) >= 11 is 5.22. The smallest absolute Gasteiger partial charge is 0.315 e. The maximum absolute atomic E-state index is 11.7. The van der Waals surface area contributed by atoms with Crippen LogP contribution in [0, 0.1) is 0 Å². The highest BCUT2D eigenvalue weighted by Crippen LogP contribution is 2.12. The fourth-order valence-electron chi connectivity index (χ4n) is 1.49. The van der Waals surface area contributed by atoms with Crippen LogP contribution in [-0.4, -0.2) is 29.1 Å². The van der Waals surface area contributed by atoms with Gasteiger partial charge >= 0.3 is 6.03 Å². The summed E-state index contributed by atoms with van der Waals surface area (Å²) in [6.45, 7) is 4.76. The molecular weight excluding hydrogens is 326 g/mol. The number of urea groups is 1. The molecule has 0 aliphatic heterocycles. The molecule has 1 atom stereocenters. The molecule has 0 fully saturated rings. The lowest BCUT2D eigenvalue weighted by Gasteiger charge is -2.14. The number of carbonyl (C=O) groups is 1. The predicted octanol–water partition coefficient (Wildman–Crippen LogP) is 3.35. The van der Waals surface area contributed by atoms with E-state index in [2.05, 4.69) is 38.5 Å². The van der Waals surface area contributed by atoms with Crippen molar-refractivity contribution < 1.29 is 4.79 Å². The second-order valence-corrected chi connectivity index (χ2v) is 6.38. The van der Waals surface area contributed by atoms with Gasteiger partial charge < -0.3 is 10.6 Å². The Balaban J connectivity index is 2.26. The lowest BCUT2D eigenvalue weighted by atomic mass is 10.2. The van der Waals surface area contributed by atoms with E-state index in [1.165, 1.54) is 0 Å². The summed E-state index contributed by atoms with van der Waals surface area (Å²) in [5, 5.41) is 5.73. The van der Waals surface area contributed by atoms with Gasteiger partial charge in [-0.25, -0.2) is 4.79 Å². The first-order valence-electron chi connectivity index (χ1n) is 6.37. The molecule has 2 N–H and O–H groups in total. The lowest BCUT2D eigenvalue weighted by molar-refractivity contribution is 0.237. The fourth-order valence-corrected chi connectivity index (χ4v) is 2.36. The first-order valence-corrected chi connectivity index (χ1v) is 8.31. The normalized spacial score (nSPS) is 11.9. The van der Waals surface area contributed by atoms with Crippen molar-refractivity contribution in [2.45, 2.75) is 26.3 Å². The molecule has 0 spiro atoms. The van der Waals surface area contributed by atoms with Gasteiger partial charge in [0.05, 0.1) is 11.7 Å². The Kier molecular flexibility index (Phi) is 7.90. The summed E-state index contributed by atoms with van der Waals surface area (Å²) in [6.07, 6.45) is 2.73. The summed E-state index contributed by atoms with van der Waals surface area (Å²) in [5.74, 6) is 2.21. The Morgan fingerprint density at radius 2 is 2.32 bits per heavy atom. The van der Waals surface area contributed by atoms with Crippen molar-refractivity contribution in [1.29, 1.82) is 0 Å². The molecule has 4 nitrogen and oxygen atoms in total. The second-order valence-electron chi connectivity index (χ2n) is 4.07. The van der Waals surface area contributed by atoms with Gasteiger partial charge in [0.15, 0.2) is 0 Å². The molecule has 1 aromatic heterocycles. The van der Waals surface area contributed by atoms with Crippen molar-refractivity contribution in [3.05, 3.63) is 28.5 Å². The third-order valence-corrected chi connectivity index (χ3v) is 3.95. The molecule has 0 aromatic carbocycles. The summed E-state index contributed by atoms with van der Waals surface area (Å²) in [7, 11) is 0. The number of aromatic nitrogens is 1. The molecule has 0 unspecified atom stereocenters. The van der Waals surface area contributed by atoms with Crippen molar-refractivity contribution in [3.63, 3.8) is 0 Å². The number of nitrogens with one attached hydrogen (secondary N) is 2. The van der Waals surface area contributed by atoms with Gasteiger partial charge in [-0.05, 0) is 52.9 Å². The van der Waals surface area contributed by atoms with Crippen LogP contribution < -0.4 is 10.6 Å². The van der Waals surface area contributed by atoms with Crippen LogP contribution in [0.1, 0.15) is 32.0 Å². The maximum atomic E-state index is 11.7. The highest BCUT2D eigenvalue weighted by atomic mass is 79.9. The molecular formula is C13H20BrN3OS. The van der Waals surface area contributed by atoms with E-state index < -0.39 is 0 Å². The number of halogens is 1. The van der Waals surface area contributed by atoms with Crippen LogP contribution in [-0.2, 0) is 0 Å². The van der Waals surface area contributed by atoms with Crippen molar-refractivity contribution in [2.24, 2.45) is 0 Å². The van der Waals surface area contributed by atoms with Gasteiger partial charge in [0, 0.05) is 17.2 Å². The largest absolute Gasteiger partial charge is 0.338 e. The Morgan fingerprint density at radius 3 is 2.95 bits per heavy atom. The summed E-state index contributed by atoms with van der Waals surface area (Å²) in [5.41, 5.74) is 0.847. The quantitative estimate of drug-likeness (QED) is 0.745. The number of carbonyl (C=O) groups excluding carboxylic acids is 1. The SMILES string of the molecule is CCSCCCNC(=O)N[C@@H](C)c1ccc(Br)cn1. The minimum atomic E-state index is -0.140. The molecule has 0 bridgehead atoms. The Bertz CT molecular complexity index is 386. The van der Waals surface area contributed by atoms with Crippen LogP contribution in [0.15, 0.2) is 22.8 Å². The Labute approximate surface area is 127 Å². The summed E-state index contributed by atoms with van der Waals surface area (Å²) < 4.78 is 0.932. The standard InChI is InChI=1S/C13H20BrN3OS/c1-3-19-8-4-7-15-13(18)17-10(2)12-6-5-11(14)9-16-12/h5-6,9-10H,3-4,7-8H2,1-2H3,(H2,15,17,18)/t10-/m0/s1. The van der Waals surface area contributed by atoms with Gasteiger partial charge in [0.2, 0.25) is 0 Å². The lowest BCUT2D eigenvalue weighted by Crippen LogP contribution is -2.37. The zero-order valence-corrected chi connectivity index (χ0v) is 13.7. The van der Waals surface area contributed by atoms with E-state index in [0.717, 1.165) is 28.1 Å². The van der Waals surface area contributed by atoms with Crippen molar-refractivity contribution in [1.82, 2.24) is 15.6 Å². The topological polar surface area (TPSA) is 54.0 Å². The first kappa shape index (κ1) is 16.3. The van der Waals surface area contributed by atoms with E-state index in [4.69, 9.17) is 0 Å². The number of amides is 2. The van der Waals surface area contributed by atoms with E-state index in [0.29, 0.717) is 6.54 Å². The van der Waals surface area contributed by atoms with Gasteiger partial charge in [-0.1, -0.05) is 6.92 Å². The summed E-state index contributed by atoms with van der Waals surface area (Å²) in [6, 6.07) is 3.57.